The highest BCUT2D eigenvalue weighted by Gasteiger charge is 2.27. The highest BCUT2D eigenvalue weighted by atomic mass is 32.2. The van der Waals surface area contributed by atoms with E-state index in [0.717, 1.165) is 0 Å². The van der Waals surface area contributed by atoms with Gasteiger partial charge in [0.15, 0.2) is 0 Å². The summed E-state index contributed by atoms with van der Waals surface area (Å²) in [5, 5.41) is 8.70. The number of nitrogens with zero attached hydrogens (tertiary/aromatic N) is 2. The van der Waals surface area contributed by atoms with Gasteiger partial charge in [-0.1, -0.05) is 20.8 Å². The fraction of sp³-hybridized carbons (Fsp3) is 0.700. The van der Waals surface area contributed by atoms with Gasteiger partial charge >= 0.3 is 5.51 Å². The van der Waals surface area contributed by atoms with Gasteiger partial charge in [0.2, 0.25) is 5.82 Å². The Balaban J connectivity index is 2.44. The van der Waals surface area contributed by atoms with E-state index in [1.807, 2.05) is 20.8 Å². The molecule has 1 rings (SSSR count). The Labute approximate surface area is 112 Å². The third-order valence-corrected chi connectivity index (χ3v) is 2.79. The molecule has 9 heteroatoms. The monoisotopic (exact) mass is 296 g/mol. The molecule has 0 bridgehead atoms. The van der Waals surface area contributed by atoms with Gasteiger partial charge in [-0.05, 0) is 11.8 Å². The second-order valence-electron chi connectivity index (χ2n) is 4.81. The third kappa shape index (κ3) is 5.50. The number of H-pyrrole nitrogens is 1. The summed E-state index contributed by atoms with van der Waals surface area (Å²) in [7, 11) is 0. The molecule has 5 nitrogen and oxygen atoms in total. The van der Waals surface area contributed by atoms with Gasteiger partial charge in [0, 0.05) is 17.7 Å². The molecular weight excluding hydrogens is 281 g/mol. The average molecular weight is 296 g/mol. The van der Waals surface area contributed by atoms with Crippen molar-refractivity contribution in [1.82, 2.24) is 20.5 Å². The number of aromatic amines is 1. The first-order valence-electron chi connectivity index (χ1n) is 5.51. The van der Waals surface area contributed by atoms with E-state index in [2.05, 4.69) is 20.5 Å². The number of hydrogen-bond donors (Lipinski definition) is 2. The zero-order valence-corrected chi connectivity index (χ0v) is 11.6. The molecule has 2 N–H and O–H groups in total. The van der Waals surface area contributed by atoms with Gasteiger partial charge in [0.05, 0.1) is 0 Å². The quantitative estimate of drug-likeness (QED) is 0.835. The van der Waals surface area contributed by atoms with Gasteiger partial charge in [-0.15, -0.1) is 5.10 Å². The Morgan fingerprint density at radius 3 is 2.47 bits per heavy atom. The molecule has 0 fully saturated rings. The van der Waals surface area contributed by atoms with Crippen LogP contribution in [0.4, 0.5) is 13.2 Å². The maximum atomic E-state index is 11.9. The second kappa shape index (κ2) is 5.81. The van der Waals surface area contributed by atoms with E-state index in [0.29, 0.717) is 5.82 Å². The van der Waals surface area contributed by atoms with Crippen LogP contribution in [-0.2, 0) is 5.41 Å². The van der Waals surface area contributed by atoms with E-state index in [4.69, 9.17) is 0 Å². The van der Waals surface area contributed by atoms with Crippen LogP contribution in [-0.4, -0.2) is 38.9 Å². The fourth-order valence-electron chi connectivity index (χ4n) is 1.11. The van der Waals surface area contributed by atoms with Crippen LogP contribution in [0.1, 0.15) is 37.2 Å². The molecule has 19 heavy (non-hydrogen) atoms. The lowest BCUT2D eigenvalue weighted by Gasteiger charge is -2.12. The SMILES string of the molecule is CC(C)(C)c1nc(C(=O)NCCSC(F)(F)F)n[nH]1. The summed E-state index contributed by atoms with van der Waals surface area (Å²) in [5.74, 6) is -0.357. The van der Waals surface area contributed by atoms with Crippen LogP contribution >= 0.6 is 11.8 Å². The maximum Gasteiger partial charge on any atom is 0.441 e. The Hall–Kier alpha value is -1.25. The minimum Gasteiger partial charge on any atom is -0.348 e. The van der Waals surface area contributed by atoms with Gasteiger partial charge in [-0.25, -0.2) is 4.98 Å². The van der Waals surface area contributed by atoms with Crippen LogP contribution < -0.4 is 5.32 Å². The van der Waals surface area contributed by atoms with Crippen LogP contribution in [0.25, 0.3) is 0 Å². The molecule has 0 unspecified atom stereocenters. The fourth-order valence-corrected chi connectivity index (χ4v) is 1.54. The van der Waals surface area contributed by atoms with Gasteiger partial charge in [0.25, 0.3) is 5.91 Å². The van der Waals surface area contributed by atoms with Crippen molar-refractivity contribution >= 4 is 17.7 Å². The number of nitrogens with one attached hydrogen (secondary N) is 2. The summed E-state index contributed by atoms with van der Waals surface area (Å²) in [6.45, 7) is 5.60. The first-order chi connectivity index (χ1) is 8.59. The van der Waals surface area contributed by atoms with Gasteiger partial charge < -0.3 is 5.32 Å². The number of thioether (sulfide) groups is 1. The number of amides is 1. The zero-order valence-electron chi connectivity index (χ0n) is 10.8. The first-order valence-corrected chi connectivity index (χ1v) is 6.50. The summed E-state index contributed by atoms with van der Waals surface area (Å²) < 4.78 is 35.6. The van der Waals surface area contributed by atoms with Crippen LogP contribution in [0.3, 0.4) is 0 Å². The number of alkyl halides is 3. The Bertz CT molecular complexity index is 439. The Morgan fingerprint density at radius 1 is 1.37 bits per heavy atom. The largest absolute Gasteiger partial charge is 0.441 e. The minimum absolute atomic E-state index is 0.0677. The van der Waals surface area contributed by atoms with E-state index in [-0.39, 0.29) is 35.3 Å². The lowest BCUT2D eigenvalue weighted by atomic mass is 9.96. The van der Waals surface area contributed by atoms with Crippen LogP contribution in [0.5, 0.6) is 0 Å². The molecule has 108 valence electrons. The van der Waals surface area contributed by atoms with Gasteiger partial charge in [-0.3, -0.25) is 9.89 Å². The first kappa shape index (κ1) is 15.8. The van der Waals surface area contributed by atoms with E-state index in [1.165, 1.54) is 0 Å². The van der Waals surface area contributed by atoms with Crippen LogP contribution in [0, 0.1) is 0 Å². The van der Waals surface area contributed by atoms with Crippen LogP contribution in [0.2, 0.25) is 0 Å². The Morgan fingerprint density at radius 2 is 2.00 bits per heavy atom. The van der Waals surface area contributed by atoms with E-state index in [1.54, 1.807) is 0 Å². The molecule has 1 amide bonds. The lowest BCUT2D eigenvalue weighted by Crippen LogP contribution is -2.27. The summed E-state index contributed by atoms with van der Waals surface area (Å²) >= 11 is -0.183. The molecule has 1 aromatic heterocycles. The highest BCUT2D eigenvalue weighted by molar-refractivity contribution is 8.00. The molecule has 0 saturated carbocycles. The standard InChI is InChI=1S/C10H15F3N4OS/c1-9(2,3)8-15-6(16-17-8)7(18)14-4-5-19-10(11,12)13/h4-5H2,1-3H3,(H,14,18)(H,15,16,17). The molecule has 0 radical (unpaired) electrons. The molecule has 0 saturated heterocycles. The van der Waals surface area contributed by atoms with Crippen LogP contribution in [0.15, 0.2) is 0 Å². The average Bonchev–Trinajstić information content (AvgIpc) is 2.71. The molecule has 0 spiro atoms. The number of rotatable bonds is 4. The smallest absolute Gasteiger partial charge is 0.348 e. The summed E-state index contributed by atoms with van der Waals surface area (Å²) in [6.07, 6.45) is 0. The summed E-state index contributed by atoms with van der Waals surface area (Å²) in [5.41, 5.74) is -4.56. The predicted molar refractivity (Wildman–Crippen MR) is 65.9 cm³/mol. The van der Waals surface area contributed by atoms with Crippen molar-refractivity contribution in [1.29, 1.82) is 0 Å². The van der Waals surface area contributed by atoms with Crippen molar-refractivity contribution in [3.63, 3.8) is 0 Å². The molecule has 0 aromatic carbocycles. The molecular formula is C10H15F3N4OS. The van der Waals surface area contributed by atoms with Gasteiger partial charge in [0.1, 0.15) is 5.82 Å². The number of carbonyl (C=O) groups excluding carboxylic acids is 1. The summed E-state index contributed by atoms with van der Waals surface area (Å²) in [4.78, 5) is 15.6. The summed E-state index contributed by atoms with van der Waals surface area (Å²) in [6, 6.07) is 0. The minimum atomic E-state index is -4.28. The number of carbonyl (C=O) groups is 1. The molecule has 0 aliphatic carbocycles. The van der Waals surface area contributed by atoms with Gasteiger partial charge in [-0.2, -0.15) is 13.2 Å². The van der Waals surface area contributed by atoms with Crippen molar-refractivity contribution in [2.45, 2.75) is 31.7 Å². The lowest BCUT2D eigenvalue weighted by molar-refractivity contribution is -0.0327. The van der Waals surface area contributed by atoms with E-state index < -0.39 is 11.4 Å². The van der Waals surface area contributed by atoms with Crippen molar-refractivity contribution in [3.8, 4) is 0 Å². The maximum absolute atomic E-state index is 11.9. The second-order valence-corrected chi connectivity index (χ2v) is 5.97. The van der Waals surface area contributed by atoms with Crippen molar-refractivity contribution in [3.05, 3.63) is 11.6 Å². The van der Waals surface area contributed by atoms with Crippen molar-refractivity contribution < 1.29 is 18.0 Å². The van der Waals surface area contributed by atoms with Crippen molar-refractivity contribution in [2.75, 3.05) is 12.3 Å². The molecule has 0 atom stereocenters. The predicted octanol–water partition coefficient (Wildman–Crippen LogP) is 2.08. The zero-order chi connectivity index (χ0) is 14.7. The highest BCUT2D eigenvalue weighted by Crippen LogP contribution is 2.29. The molecule has 0 aliphatic heterocycles. The third-order valence-electron chi connectivity index (χ3n) is 2.05. The molecule has 0 aliphatic rings. The van der Waals surface area contributed by atoms with E-state index in [9.17, 15) is 18.0 Å². The molecule has 1 heterocycles. The number of halogens is 3. The Kier molecular flexibility index (Phi) is 4.83. The normalized spacial score (nSPS) is 12.5. The van der Waals surface area contributed by atoms with E-state index >= 15 is 0 Å². The number of hydrogen-bond acceptors (Lipinski definition) is 4. The van der Waals surface area contributed by atoms with Crippen molar-refractivity contribution in [2.24, 2.45) is 0 Å². The molecule has 1 aromatic rings. The topological polar surface area (TPSA) is 70.7 Å². The number of aromatic nitrogens is 3.